The first kappa shape index (κ1) is 15.3. The molecule has 1 aromatic rings. The van der Waals surface area contributed by atoms with Crippen LogP contribution in [0.15, 0.2) is 18.3 Å². The van der Waals surface area contributed by atoms with Crippen molar-refractivity contribution in [3.05, 3.63) is 29.6 Å². The third-order valence-corrected chi connectivity index (χ3v) is 3.78. The van der Waals surface area contributed by atoms with Crippen LogP contribution in [-0.4, -0.2) is 40.1 Å². The topological polar surface area (TPSA) is 82.5 Å². The van der Waals surface area contributed by atoms with Crippen LogP contribution in [0.2, 0.25) is 0 Å². The summed E-state index contributed by atoms with van der Waals surface area (Å²) in [5.74, 6) is -0.572. The van der Waals surface area contributed by atoms with E-state index >= 15 is 0 Å². The Kier molecular flexibility index (Phi) is 5.14. The van der Waals surface area contributed by atoms with Gasteiger partial charge in [-0.05, 0) is 37.3 Å². The van der Waals surface area contributed by atoms with Gasteiger partial charge in [-0.3, -0.25) is 9.78 Å². The van der Waals surface area contributed by atoms with Gasteiger partial charge in [-0.1, -0.05) is 6.07 Å². The van der Waals surface area contributed by atoms with Gasteiger partial charge in [0.25, 0.3) is 0 Å². The largest absolute Gasteiger partial charge is 0.481 e. The van der Waals surface area contributed by atoms with E-state index in [2.05, 4.69) is 10.3 Å². The first-order chi connectivity index (χ1) is 10.0. The summed E-state index contributed by atoms with van der Waals surface area (Å²) in [6, 6.07) is 3.77. The lowest BCUT2D eigenvalue weighted by Gasteiger charge is -2.31. The van der Waals surface area contributed by atoms with Gasteiger partial charge >= 0.3 is 12.0 Å². The number of aryl methyl sites for hydroxylation is 1. The summed E-state index contributed by atoms with van der Waals surface area (Å²) < 4.78 is 0. The molecule has 0 bridgehead atoms. The van der Waals surface area contributed by atoms with Crippen molar-refractivity contribution in [2.45, 2.75) is 32.7 Å². The Morgan fingerprint density at radius 2 is 2.10 bits per heavy atom. The highest BCUT2D eigenvalue weighted by Crippen LogP contribution is 2.20. The molecule has 0 saturated carbocycles. The number of nitrogens with zero attached hydrogens (tertiary/aromatic N) is 2. The molecule has 1 aliphatic rings. The Morgan fingerprint density at radius 1 is 1.38 bits per heavy atom. The second kappa shape index (κ2) is 7.06. The fraction of sp³-hybridized carbons (Fsp3) is 0.533. The second-order valence-electron chi connectivity index (χ2n) is 5.49. The van der Waals surface area contributed by atoms with E-state index < -0.39 is 5.97 Å². The summed E-state index contributed by atoms with van der Waals surface area (Å²) in [5.41, 5.74) is 1.92. The van der Waals surface area contributed by atoms with Crippen LogP contribution in [0, 0.1) is 12.8 Å². The Balaban J connectivity index is 1.74. The van der Waals surface area contributed by atoms with Gasteiger partial charge in [-0.15, -0.1) is 0 Å². The molecule has 0 aliphatic carbocycles. The maximum Gasteiger partial charge on any atom is 0.317 e. The van der Waals surface area contributed by atoms with Gasteiger partial charge in [0.15, 0.2) is 0 Å². The number of hydrogen-bond donors (Lipinski definition) is 2. The number of carbonyl (C=O) groups excluding carboxylic acids is 1. The Morgan fingerprint density at radius 3 is 2.67 bits per heavy atom. The molecule has 2 amide bonds. The maximum atomic E-state index is 12.0. The molecule has 1 saturated heterocycles. The summed E-state index contributed by atoms with van der Waals surface area (Å²) >= 11 is 0. The normalized spacial score (nSPS) is 15.8. The summed E-state index contributed by atoms with van der Waals surface area (Å²) in [6.07, 6.45) is 3.47. The predicted octanol–water partition coefficient (Wildman–Crippen LogP) is 1.79. The Bertz CT molecular complexity index is 493. The van der Waals surface area contributed by atoms with Crippen LogP contribution in [-0.2, 0) is 11.3 Å². The summed E-state index contributed by atoms with van der Waals surface area (Å²) in [5, 5.41) is 11.6. The van der Waals surface area contributed by atoms with Gasteiger partial charge in [0, 0.05) is 37.9 Å². The Hall–Kier alpha value is -2.11. The van der Waals surface area contributed by atoms with Crippen molar-refractivity contribution >= 4 is 12.0 Å². The van der Waals surface area contributed by atoms with E-state index in [4.69, 9.17) is 5.11 Å². The first-order valence-corrected chi connectivity index (χ1v) is 7.20. The van der Waals surface area contributed by atoms with Crippen LogP contribution in [0.3, 0.4) is 0 Å². The fourth-order valence-corrected chi connectivity index (χ4v) is 2.48. The minimum Gasteiger partial charge on any atom is -0.481 e. The average Bonchev–Trinajstić information content (AvgIpc) is 2.46. The van der Waals surface area contributed by atoms with E-state index in [1.165, 1.54) is 0 Å². The molecule has 2 heterocycles. The third kappa shape index (κ3) is 4.73. The highest BCUT2D eigenvalue weighted by Gasteiger charge is 2.23. The van der Waals surface area contributed by atoms with Gasteiger partial charge in [-0.25, -0.2) is 4.79 Å². The molecule has 6 nitrogen and oxygen atoms in total. The lowest BCUT2D eigenvalue weighted by molar-refractivity contribution is -0.138. The van der Waals surface area contributed by atoms with Crippen molar-refractivity contribution in [1.82, 2.24) is 15.2 Å². The second-order valence-corrected chi connectivity index (χ2v) is 5.49. The predicted molar refractivity (Wildman–Crippen MR) is 77.8 cm³/mol. The van der Waals surface area contributed by atoms with E-state index in [0.29, 0.717) is 19.6 Å². The molecule has 21 heavy (non-hydrogen) atoms. The maximum absolute atomic E-state index is 12.0. The molecule has 0 atom stereocenters. The van der Waals surface area contributed by atoms with Gasteiger partial charge in [0.2, 0.25) is 0 Å². The molecular formula is C15H21N3O3. The summed E-state index contributed by atoms with van der Waals surface area (Å²) in [4.78, 5) is 28.6. The van der Waals surface area contributed by atoms with Gasteiger partial charge in [-0.2, -0.15) is 0 Å². The van der Waals surface area contributed by atoms with Crippen LogP contribution in [0.5, 0.6) is 0 Å². The molecule has 0 unspecified atom stereocenters. The van der Waals surface area contributed by atoms with E-state index in [1.807, 2.05) is 19.1 Å². The number of amides is 2. The van der Waals surface area contributed by atoms with E-state index in [1.54, 1.807) is 11.1 Å². The highest BCUT2D eigenvalue weighted by atomic mass is 16.4. The number of carbonyl (C=O) groups is 2. The number of nitrogens with one attached hydrogen (secondary N) is 1. The van der Waals surface area contributed by atoms with Crippen LogP contribution < -0.4 is 5.32 Å². The number of hydrogen-bond acceptors (Lipinski definition) is 3. The number of pyridine rings is 1. The first-order valence-electron chi connectivity index (χ1n) is 7.20. The van der Waals surface area contributed by atoms with Crippen LogP contribution in [0.1, 0.15) is 30.5 Å². The zero-order valence-corrected chi connectivity index (χ0v) is 12.2. The number of aliphatic carboxylic acids is 1. The molecule has 114 valence electrons. The van der Waals surface area contributed by atoms with Gasteiger partial charge < -0.3 is 15.3 Å². The number of carboxylic acid groups (broad SMARTS) is 1. The van der Waals surface area contributed by atoms with Crippen LogP contribution in [0.25, 0.3) is 0 Å². The molecule has 2 rings (SSSR count). The molecular weight excluding hydrogens is 270 g/mol. The molecule has 1 aliphatic heterocycles. The third-order valence-electron chi connectivity index (χ3n) is 3.78. The molecule has 1 fully saturated rings. The number of urea groups is 1. The zero-order valence-electron chi connectivity index (χ0n) is 12.2. The van der Waals surface area contributed by atoms with Crippen molar-refractivity contribution in [2.24, 2.45) is 5.92 Å². The minimum atomic E-state index is -0.759. The molecule has 0 aromatic carbocycles. The highest BCUT2D eigenvalue weighted by molar-refractivity contribution is 5.74. The molecule has 2 N–H and O–H groups in total. The summed E-state index contributed by atoms with van der Waals surface area (Å²) in [6.45, 7) is 3.62. The lowest BCUT2D eigenvalue weighted by atomic mass is 9.94. The van der Waals surface area contributed by atoms with E-state index in [0.717, 1.165) is 24.1 Å². The Labute approximate surface area is 124 Å². The monoisotopic (exact) mass is 291 g/mol. The van der Waals surface area contributed by atoms with Crippen molar-refractivity contribution in [1.29, 1.82) is 0 Å². The fourth-order valence-electron chi connectivity index (χ4n) is 2.48. The van der Waals surface area contributed by atoms with Gasteiger partial charge in [0.1, 0.15) is 0 Å². The van der Waals surface area contributed by atoms with E-state index in [9.17, 15) is 9.59 Å². The quantitative estimate of drug-likeness (QED) is 0.886. The zero-order chi connectivity index (χ0) is 15.2. The smallest absolute Gasteiger partial charge is 0.317 e. The molecule has 0 spiro atoms. The molecule has 1 aromatic heterocycles. The molecule has 6 heteroatoms. The van der Waals surface area contributed by atoms with Crippen LogP contribution in [0.4, 0.5) is 4.79 Å². The van der Waals surface area contributed by atoms with Crippen molar-refractivity contribution < 1.29 is 14.7 Å². The van der Waals surface area contributed by atoms with Crippen LogP contribution >= 0.6 is 0 Å². The standard InChI is InChI=1S/C15H21N3O3/c1-11-2-3-13(9-16-11)10-17-15(21)18-6-4-12(5-7-18)8-14(19)20/h2-3,9,12H,4-8,10H2,1H3,(H,17,21)(H,19,20). The van der Waals surface area contributed by atoms with E-state index in [-0.39, 0.29) is 18.4 Å². The number of likely N-dealkylation sites (tertiary alicyclic amines) is 1. The van der Waals surface area contributed by atoms with Crippen molar-refractivity contribution in [3.63, 3.8) is 0 Å². The SMILES string of the molecule is Cc1ccc(CNC(=O)N2CCC(CC(=O)O)CC2)cn1. The number of piperidine rings is 1. The summed E-state index contributed by atoms with van der Waals surface area (Å²) in [7, 11) is 0. The van der Waals surface area contributed by atoms with Crippen molar-refractivity contribution in [3.8, 4) is 0 Å². The van der Waals surface area contributed by atoms with Gasteiger partial charge in [0.05, 0.1) is 0 Å². The minimum absolute atomic E-state index is 0.0932. The number of rotatable bonds is 4. The molecule has 0 radical (unpaired) electrons. The number of carboxylic acids is 1. The van der Waals surface area contributed by atoms with Crippen molar-refractivity contribution in [2.75, 3.05) is 13.1 Å². The average molecular weight is 291 g/mol. The number of aromatic nitrogens is 1. The lowest BCUT2D eigenvalue weighted by Crippen LogP contribution is -2.44.